The minimum atomic E-state index is -0.0664. The van der Waals surface area contributed by atoms with Crippen molar-refractivity contribution in [3.63, 3.8) is 0 Å². The van der Waals surface area contributed by atoms with Gasteiger partial charge in [-0.15, -0.1) is 0 Å². The molecule has 5 heteroatoms. The number of carbonyl (C=O) groups is 1. The largest absolute Gasteiger partial charge is 0.477 e. The number of hydrogen-bond donors (Lipinski definition) is 1. The van der Waals surface area contributed by atoms with Gasteiger partial charge in [0.1, 0.15) is 0 Å². The molecule has 1 unspecified atom stereocenters. The fourth-order valence-corrected chi connectivity index (χ4v) is 2.50. The molecule has 0 saturated carbocycles. The summed E-state index contributed by atoms with van der Waals surface area (Å²) in [5, 5.41) is 11.8. The van der Waals surface area contributed by atoms with E-state index in [0.29, 0.717) is 24.5 Å². The Morgan fingerprint density at radius 1 is 1.36 bits per heavy atom. The second-order valence-electron chi connectivity index (χ2n) is 5.14. The third-order valence-corrected chi connectivity index (χ3v) is 3.60. The van der Waals surface area contributed by atoms with Crippen LogP contribution in [-0.4, -0.2) is 17.5 Å². The van der Waals surface area contributed by atoms with Crippen molar-refractivity contribution in [2.24, 2.45) is 0 Å². The van der Waals surface area contributed by atoms with Crippen LogP contribution in [-0.2, 0) is 11.2 Å². The topological polar surface area (TPSA) is 75.0 Å². The van der Waals surface area contributed by atoms with Crippen LogP contribution in [0.3, 0.4) is 0 Å². The smallest absolute Gasteiger partial charge is 0.224 e. The maximum Gasteiger partial charge on any atom is 0.224 e. The molecule has 0 saturated heterocycles. The fourth-order valence-electron chi connectivity index (χ4n) is 2.50. The predicted octanol–water partition coefficient (Wildman–Crippen LogP) is 2.14. The van der Waals surface area contributed by atoms with Crippen LogP contribution in [0.4, 0.5) is 0 Å². The van der Waals surface area contributed by atoms with Crippen LogP contribution in [0.5, 0.6) is 5.88 Å². The molecule has 1 atom stereocenters. The highest BCUT2D eigenvalue weighted by atomic mass is 16.5. The lowest BCUT2D eigenvalue weighted by Crippen LogP contribution is -2.33. The van der Waals surface area contributed by atoms with Gasteiger partial charge < -0.3 is 10.1 Å². The van der Waals surface area contributed by atoms with E-state index in [0.717, 1.165) is 17.5 Å². The highest BCUT2D eigenvalue weighted by Gasteiger charge is 2.23. The standard InChI is InChI=1S/C17H15N3O2/c18-11-13-5-3-12(4-6-13)10-16(21)20-15-7-9-22-17-14(15)2-1-8-19-17/h1-6,8,15H,7,9-10H2,(H,20,21). The van der Waals surface area contributed by atoms with Gasteiger partial charge in [-0.2, -0.15) is 5.26 Å². The summed E-state index contributed by atoms with van der Waals surface area (Å²) >= 11 is 0. The molecule has 2 heterocycles. The first-order valence-corrected chi connectivity index (χ1v) is 7.12. The van der Waals surface area contributed by atoms with E-state index >= 15 is 0 Å². The summed E-state index contributed by atoms with van der Waals surface area (Å²) < 4.78 is 5.49. The number of fused-ring (bicyclic) bond motifs is 1. The van der Waals surface area contributed by atoms with Gasteiger partial charge in [-0.1, -0.05) is 18.2 Å². The second kappa shape index (κ2) is 6.27. The summed E-state index contributed by atoms with van der Waals surface area (Å²) in [6.45, 7) is 0.547. The fraction of sp³-hybridized carbons (Fsp3) is 0.235. The zero-order chi connectivity index (χ0) is 15.4. The van der Waals surface area contributed by atoms with Crippen molar-refractivity contribution in [2.45, 2.75) is 18.9 Å². The first kappa shape index (κ1) is 14.1. The molecule has 0 spiro atoms. The second-order valence-corrected chi connectivity index (χ2v) is 5.14. The van der Waals surface area contributed by atoms with E-state index < -0.39 is 0 Å². The number of nitrogens with one attached hydrogen (secondary N) is 1. The molecule has 2 aromatic rings. The SMILES string of the molecule is N#Cc1ccc(CC(=O)NC2CCOc3ncccc32)cc1. The van der Waals surface area contributed by atoms with Crippen molar-refractivity contribution in [3.05, 3.63) is 59.3 Å². The third-order valence-electron chi connectivity index (χ3n) is 3.60. The monoisotopic (exact) mass is 293 g/mol. The van der Waals surface area contributed by atoms with E-state index in [1.54, 1.807) is 30.5 Å². The van der Waals surface area contributed by atoms with E-state index in [9.17, 15) is 4.79 Å². The molecule has 110 valence electrons. The maximum atomic E-state index is 12.2. The van der Waals surface area contributed by atoms with Crippen LogP contribution >= 0.6 is 0 Å². The number of aromatic nitrogens is 1. The van der Waals surface area contributed by atoms with Crippen molar-refractivity contribution in [3.8, 4) is 11.9 Å². The van der Waals surface area contributed by atoms with Crippen LogP contribution in [0.2, 0.25) is 0 Å². The van der Waals surface area contributed by atoms with Crippen molar-refractivity contribution < 1.29 is 9.53 Å². The molecule has 1 aliphatic heterocycles. The average Bonchev–Trinajstić information content (AvgIpc) is 2.56. The molecule has 0 aliphatic carbocycles. The van der Waals surface area contributed by atoms with Crippen LogP contribution in [0.15, 0.2) is 42.6 Å². The van der Waals surface area contributed by atoms with Gasteiger partial charge in [0, 0.05) is 18.2 Å². The molecule has 0 radical (unpaired) electrons. The Balaban J connectivity index is 1.66. The molecule has 1 amide bonds. The van der Waals surface area contributed by atoms with Gasteiger partial charge in [-0.05, 0) is 23.8 Å². The first-order chi connectivity index (χ1) is 10.8. The Bertz CT molecular complexity index is 719. The molecule has 1 aromatic heterocycles. The highest BCUT2D eigenvalue weighted by Crippen LogP contribution is 2.29. The Labute approximate surface area is 128 Å². The number of rotatable bonds is 3. The summed E-state index contributed by atoms with van der Waals surface area (Å²) in [5.41, 5.74) is 2.39. The number of nitriles is 1. The summed E-state index contributed by atoms with van der Waals surface area (Å²) in [6.07, 6.45) is 2.70. The van der Waals surface area contributed by atoms with Gasteiger partial charge in [0.2, 0.25) is 11.8 Å². The lowest BCUT2D eigenvalue weighted by molar-refractivity contribution is -0.121. The van der Waals surface area contributed by atoms with Crippen molar-refractivity contribution >= 4 is 5.91 Å². The number of amides is 1. The van der Waals surface area contributed by atoms with E-state index in [4.69, 9.17) is 10.00 Å². The van der Waals surface area contributed by atoms with Crippen LogP contribution in [0.1, 0.15) is 29.2 Å². The van der Waals surface area contributed by atoms with Gasteiger partial charge >= 0.3 is 0 Å². The molecule has 0 fully saturated rings. The number of ether oxygens (including phenoxy) is 1. The predicted molar refractivity (Wildman–Crippen MR) is 80.1 cm³/mol. The lowest BCUT2D eigenvalue weighted by Gasteiger charge is -2.25. The van der Waals surface area contributed by atoms with Crippen molar-refractivity contribution in [1.29, 1.82) is 5.26 Å². The molecule has 0 bridgehead atoms. The van der Waals surface area contributed by atoms with E-state index in [1.165, 1.54) is 0 Å². The molecule has 22 heavy (non-hydrogen) atoms. The minimum Gasteiger partial charge on any atom is -0.477 e. The van der Waals surface area contributed by atoms with E-state index in [2.05, 4.69) is 16.4 Å². The molecule has 1 N–H and O–H groups in total. The zero-order valence-electron chi connectivity index (χ0n) is 12.0. The Morgan fingerprint density at radius 2 is 2.18 bits per heavy atom. The van der Waals surface area contributed by atoms with Crippen molar-refractivity contribution in [2.75, 3.05) is 6.61 Å². The third kappa shape index (κ3) is 3.07. The number of pyridine rings is 1. The first-order valence-electron chi connectivity index (χ1n) is 7.12. The number of carbonyl (C=O) groups excluding carboxylic acids is 1. The number of benzene rings is 1. The quantitative estimate of drug-likeness (QED) is 0.940. The normalized spacial score (nSPS) is 16.0. The van der Waals surface area contributed by atoms with Crippen LogP contribution in [0.25, 0.3) is 0 Å². The van der Waals surface area contributed by atoms with Gasteiger partial charge in [0.15, 0.2) is 0 Å². The van der Waals surface area contributed by atoms with Crippen LogP contribution in [0, 0.1) is 11.3 Å². The average molecular weight is 293 g/mol. The minimum absolute atomic E-state index is 0.0496. The van der Waals surface area contributed by atoms with Crippen LogP contribution < -0.4 is 10.1 Å². The number of hydrogen-bond acceptors (Lipinski definition) is 4. The molecular weight excluding hydrogens is 278 g/mol. The van der Waals surface area contributed by atoms with E-state index in [-0.39, 0.29) is 11.9 Å². The molecule has 5 nitrogen and oxygen atoms in total. The summed E-state index contributed by atoms with van der Waals surface area (Å²) in [6, 6.07) is 12.8. The lowest BCUT2D eigenvalue weighted by atomic mass is 10.0. The zero-order valence-corrected chi connectivity index (χ0v) is 12.0. The molecule has 3 rings (SSSR count). The Morgan fingerprint density at radius 3 is 2.95 bits per heavy atom. The molecule has 1 aliphatic rings. The van der Waals surface area contributed by atoms with Gasteiger partial charge in [-0.3, -0.25) is 4.79 Å². The molecule has 1 aromatic carbocycles. The molecular formula is C17H15N3O2. The maximum absolute atomic E-state index is 12.2. The number of nitrogens with zero attached hydrogens (tertiary/aromatic N) is 2. The highest BCUT2D eigenvalue weighted by molar-refractivity contribution is 5.79. The van der Waals surface area contributed by atoms with Gasteiger partial charge in [0.25, 0.3) is 0 Å². The van der Waals surface area contributed by atoms with Gasteiger partial charge in [-0.25, -0.2) is 4.98 Å². The Kier molecular flexibility index (Phi) is 4.01. The van der Waals surface area contributed by atoms with Gasteiger partial charge in [0.05, 0.1) is 30.7 Å². The summed E-state index contributed by atoms with van der Waals surface area (Å²) in [7, 11) is 0. The summed E-state index contributed by atoms with van der Waals surface area (Å²) in [5.74, 6) is 0.545. The van der Waals surface area contributed by atoms with Crippen molar-refractivity contribution in [1.82, 2.24) is 10.3 Å². The van der Waals surface area contributed by atoms with E-state index in [1.807, 2.05) is 12.1 Å². The Hall–Kier alpha value is -2.87. The summed E-state index contributed by atoms with van der Waals surface area (Å²) in [4.78, 5) is 16.4.